The molecule has 0 saturated carbocycles. The van der Waals surface area contributed by atoms with E-state index in [1.54, 1.807) is 6.08 Å². The highest BCUT2D eigenvalue weighted by molar-refractivity contribution is 7.85. The van der Waals surface area contributed by atoms with Crippen molar-refractivity contribution in [2.75, 3.05) is 5.75 Å². The molecule has 0 saturated heterocycles. The van der Waals surface area contributed by atoms with Crippen molar-refractivity contribution in [2.45, 2.75) is 0 Å². The molecule has 2 rings (SSSR count). The Balaban J connectivity index is 2.36. The van der Waals surface area contributed by atoms with Crippen LogP contribution in [0.3, 0.4) is 0 Å². The van der Waals surface area contributed by atoms with Crippen LogP contribution in [-0.4, -0.2) is 18.7 Å². The molecule has 2 aromatic rings. The van der Waals surface area contributed by atoms with E-state index in [2.05, 4.69) is 0 Å². The molecular weight excluding hydrogens is 236 g/mol. The van der Waals surface area contributed by atoms with Crippen molar-refractivity contribution in [2.24, 2.45) is 0 Å². The van der Waals surface area contributed by atoms with Gasteiger partial charge < -0.3 is 0 Å². The van der Waals surface area contributed by atoms with E-state index in [4.69, 9.17) is 4.55 Å². The summed E-state index contributed by atoms with van der Waals surface area (Å²) in [7, 11) is -3.93. The fraction of sp³-hybridized carbons (Fsp3) is 0.0769. The first-order valence-corrected chi connectivity index (χ1v) is 6.77. The molecule has 0 aliphatic heterocycles. The van der Waals surface area contributed by atoms with Gasteiger partial charge in [0.15, 0.2) is 0 Å². The van der Waals surface area contributed by atoms with E-state index in [1.165, 1.54) is 6.08 Å². The Labute approximate surface area is 100 Å². The smallest absolute Gasteiger partial charge is 0.268 e. The van der Waals surface area contributed by atoms with E-state index < -0.39 is 10.1 Å². The molecule has 0 spiro atoms. The van der Waals surface area contributed by atoms with Crippen LogP contribution in [0.5, 0.6) is 0 Å². The van der Waals surface area contributed by atoms with Crippen LogP contribution in [0.2, 0.25) is 0 Å². The topological polar surface area (TPSA) is 54.4 Å². The summed E-state index contributed by atoms with van der Waals surface area (Å²) in [6, 6.07) is 13.7. The van der Waals surface area contributed by atoms with Gasteiger partial charge in [0.05, 0.1) is 5.75 Å². The molecule has 0 aromatic heterocycles. The molecule has 2 aromatic carbocycles. The predicted octanol–water partition coefficient (Wildman–Crippen LogP) is 2.74. The predicted molar refractivity (Wildman–Crippen MR) is 69.4 cm³/mol. The maximum atomic E-state index is 10.6. The molecule has 0 amide bonds. The lowest BCUT2D eigenvalue weighted by Crippen LogP contribution is -1.99. The zero-order valence-corrected chi connectivity index (χ0v) is 9.89. The summed E-state index contributed by atoms with van der Waals surface area (Å²) < 4.78 is 29.8. The molecule has 0 fully saturated rings. The van der Waals surface area contributed by atoms with Crippen molar-refractivity contribution in [1.82, 2.24) is 0 Å². The summed E-state index contributed by atoms with van der Waals surface area (Å²) in [4.78, 5) is 0. The fourth-order valence-corrected chi connectivity index (χ4v) is 2.03. The third kappa shape index (κ3) is 3.15. The van der Waals surface area contributed by atoms with Crippen LogP contribution in [0.15, 0.2) is 48.5 Å². The highest BCUT2D eigenvalue weighted by atomic mass is 32.2. The van der Waals surface area contributed by atoms with Gasteiger partial charge in [-0.05, 0) is 16.3 Å². The zero-order chi connectivity index (χ0) is 12.3. The van der Waals surface area contributed by atoms with Gasteiger partial charge in [-0.15, -0.1) is 0 Å². The van der Waals surface area contributed by atoms with E-state index in [0.29, 0.717) is 0 Å². The lowest BCUT2D eigenvalue weighted by atomic mass is 10.0. The first kappa shape index (κ1) is 11.8. The quantitative estimate of drug-likeness (QED) is 0.850. The van der Waals surface area contributed by atoms with Crippen LogP contribution in [0.4, 0.5) is 0 Å². The van der Waals surface area contributed by atoms with Crippen LogP contribution in [-0.2, 0) is 10.1 Å². The third-order valence-electron chi connectivity index (χ3n) is 2.43. The molecule has 0 heterocycles. The standard InChI is InChI=1S/C13H12O3S/c14-17(15,16)10-4-8-12-7-3-6-11-5-1-2-9-13(11)12/h1-9H,10H2,(H,14,15,16)/b8-4+. The summed E-state index contributed by atoms with van der Waals surface area (Å²) in [6.45, 7) is 0. The normalized spacial score (nSPS) is 12.3. The molecule has 3 nitrogen and oxygen atoms in total. The molecule has 17 heavy (non-hydrogen) atoms. The second-order valence-corrected chi connectivity index (χ2v) is 5.22. The zero-order valence-electron chi connectivity index (χ0n) is 9.08. The number of benzene rings is 2. The minimum Gasteiger partial charge on any atom is -0.285 e. The molecule has 4 heteroatoms. The van der Waals surface area contributed by atoms with E-state index in [1.807, 2.05) is 42.5 Å². The van der Waals surface area contributed by atoms with E-state index >= 15 is 0 Å². The highest BCUT2D eigenvalue weighted by Gasteiger charge is 2.00. The lowest BCUT2D eigenvalue weighted by Gasteiger charge is -2.01. The maximum absolute atomic E-state index is 10.6. The molecule has 88 valence electrons. The minimum atomic E-state index is -3.93. The molecule has 0 radical (unpaired) electrons. The third-order valence-corrected chi connectivity index (χ3v) is 3.04. The summed E-state index contributed by atoms with van der Waals surface area (Å²) in [5.41, 5.74) is 0.937. The maximum Gasteiger partial charge on any atom is 0.268 e. The van der Waals surface area contributed by atoms with Crippen LogP contribution in [0, 0.1) is 0 Å². The lowest BCUT2D eigenvalue weighted by molar-refractivity contribution is 0.487. The fourth-order valence-electron chi connectivity index (χ4n) is 1.69. The van der Waals surface area contributed by atoms with Crippen molar-refractivity contribution < 1.29 is 13.0 Å². The van der Waals surface area contributed by atoms with Crippen molar-refractivity contribution in [3.63, 3.8) is 0 Å². The van der Waals surface area contributed by atoms with Gasteiger partial charge in [0.2, 0.25) is 0 Å². The molecule has 0 unspecified atom stereocenters. The van der Waals surface area contributed by atoms with Crippen LogP contribution in [0.1, 0.15) is 5.56 Å². The van der Waals surface area contributed by atoms with Gasteiger partial charge in [0, 0.05) is 0 Å². The van der Waals surface area contributed by atoms with E-state index in [-0.39, 0.29) is 5.75 Å². The van der Waals surface area contributed by atoms with Gasteiger partial charge in [-0.3, -0.25) is 4.55 Å². The van der Waals surface area contributed by atoms with Crippen molar-refractivity contribution in [3.05, 3.63) is 54.1 Å². The summed E-state index contributed by atoms with van der Waals surface area (Å²) >= 11 is 0. The van der Waals surface area contributed by atoms with Crippen molar-refractivity contribution in [1.29, 1.82) is 0 Å². The number of hydrogen-bond donors (Lipinski definition) is 1. The number of hydrogen-bond acceptors (Lipinski definition) is 2. The molecule has 1 N–H and O–H groups in total. The van der Waals surface area contributed by atoms with Crippen LogP contribution >= 0.6 is 0 Å². The van der Waals surface area contributed by atoms with Crippen molar-refractivity contribution in [3.8, 4) is 0 Å². The molecule has 0 aliphatic carbocycles. The van der Waals surface area contributed by atoms with Crippen LogP contribution in [0.25, 0.3) is 16.8 Å². The summed E-state index contributed by atoms with van der Waals surface area (Å²) in [5, 5.41) is 2.16. The van der Waals surface area contributed by atoms with E-state index in [0.717, 1.165) is 16.3 Å². The van der Waals surface area contributed by atoms with Gasteiger partial charge in [-0.2, -0.15) is 8.42 Å². The average molecular weight is 248 g/mol. The Kier molecular flexibility index (Phi) is 3.26. The van der Waals surface area contributed by atoms with Crippen LogP contribution < -0.4 is 0 Å². The number of rotatable bonds is 3. The molecule has 0 aliphatic rings. The first-order valence-electron chi connectivity index (χ1n) is 5.16. The molecule has 0 atom stereocenters. The second-order valence-electron chi connectivity index (χ2n) is 3.72. The second kappa shape index (κ2) is 4.69. The van der Waals surface area contributed by atoms with Gasteiger partial charge in [-0.25, -0.2) is 0 Å². The SMILES string of the molecule is O=S(=O)(O)C/C=C/c1cccc2ccccc12. The Morgan fingerprint density at radius 2 is 1.76 bits per heavy atom. The van der Waals surface area contributed by atoms with E-state index in [9.17, 15) is 8.42 Å². The average Bonchev–Trinajstić information content (AvgIpc) is 2.28. The minimum absolute atomic E-state index is 0.365. The van der Waals surface area contributed by atoms with Gasteiger partial charge in [0.1, 0.15) is 0 Å². The monoisotopic (exact) mass is 248 g/mol. The Hall–Kier alpha value is -1.65. The molecular formula is C13H12O3S. The van der Waals surface area contributed by atoms with Gasteiger partial charge >= 0.3 is 0 Å². The van der Waals surface area contributed by atoms with Gasteiger partial charge in [-0.1, -0.05) is 54.6 Å². The Morgan fingerprint density at radius 1 is 1.06 bits per heavy atom. The summed E-state index contributed by atoms with van der Waals surface area (Å²) in [5.74, 6) is -0.365. The Morgan fingerprint density at radius 3 is 2.53 bits per heavy atom. The molecule has 0 bridgehead atoms. The summed E-state index contributed by atoms with van der Waals surface area (Å²) in [6.07, 6.45) is 3.15. The largest absolute Gasteiger partial charge is 0.285 e. The highest BCUT2D eigenvalue weighted by Crippen LogP contribution is 2.19. The Bertz CT molecular complexity index is 652. The first-order chi connectivity index (χ1) is 8.06. The number of fused-ring (bicyclic) bond motifs is 1. The van der Waals surface area contributed by atoms with Crippen molar-refractivity contribution >= 4 is 27.0 Å². The van der Waals surface area contributed by atoms with Gasteiger partial charge in [0.25, 0.3) is 10.1 Å².